The number of benzene rings is 2. The van der Waals surface area contributed by atoms with Gasteiger partial charge in [0, 0.05) is 13.0 Å². The van der Waals surface area contributed by atoms with Crippen LogP contribution >= 0.6 is 0 Å². The number of para-hydroxylation sites is 1. The lowest BCUT2D eigenvalue weighted by Gasteiger charge is -2.08. The molecule has 0 saturated carbocycles. The highest BCUT2D eigenvalue weighted by molar-refractivity contribution is 5.90. The van der Waals surface area contributed by atoms with Gasteiger partial charge in [-0.3, -0.25) is 14.2 Å². The first-order chi connectivity index (χ1) is 14.0. The van der Waals surface area contributed by atoms with Crippen LogP contribution in [0, 0.1) is 12.7 Å². The lowest BCUT2D eigenvalue weighted by molar-refractivity contribution is -0.116. The Morgan fingerprint density at radius 3 is 2.66 bits per heavy atom. The third-order valence-corrected chi connectivity index (χ3v) is 4.56. The van der Waals surface area contributed by atoms with Crippen LogP contribution in [0.3, 0.4) is 0 Å². The first kappa shape index (κ1) is 18.5. The van der Waals surface area contributed by atoms with Gasteiger partial charge < -0.3 is 5.32 Å². The third-order valence-electron chi connectivity index (χ3n) is 4.56. The molecule has 2 heterocycles. The van der Waals surface area contributed by atoms with Crippen molar-refractivity contribution in [2.24, 2.45) is 0 Å². The number of aromatic nitrogens is 4. The topological polar surface area (TPSA) is 81.8 Å². The molecule has 0 aliphatic rings. The van der Waals surface area contributed by atoms with Crippen molar-refractivity contribution >= 4 is 22.6 Å². The number of nitrogens with one attached hydrogen (secondary N) is 1. The van der Waals surface area contributed by atoms with Crippen LogP contribution in [-0.2, 0) is 11.3 Å². The Labute approximate surface area is 165 Å². The Hall–Kier alpha value is -3.81. The smallest absolute Gasteiger partial charge is 0.264 e. The highest BCUT2D eigenvalue weighted by atomic mass is 19.1. The molecule has 0 spiro atoms. The molecular weight excluding hydrogens is 373 g/mol. The Morgan fingerprint density at radius 2 is 1.90 bits per heavy atom. The number of rotatable bonds is 5. The Kier molecular flexibility index (Phi) is 4.90. The van der Waals surface area contributed by atoms with Gasteiger partial charge in [0.05, 0.1) is 23.9 Å². The van der Waals surface area contributed by atoms with Crippen LogP contribution in [0.2, 0.25) is 0 Å². The van der Waals surface area contributed by atoms with Crippen LogP contribution < -0.4 is 10.9 Å². The lowest BCUT2D eigenvalue weighted by Crippen LogP contribution is -2.23. The predicted octanol–water partition coefficient (Wildman–Crippen LogP) is 3.06. The summed E-state index contributed by atoms with van der Waals surface area (Å²) in [6.07, 6.45) is 2.88. The molecule has 4 aromatic rings. The lowest BCUT2D eigenvalue weighted by atomic mass is 10.2. The molecule has 0 unspecified atom stereocenters. The molecule has 0 aliphatic carbocycles. The van der Waals surface area contributed by atoms with E-state index < -0.39 is 11.7 Å². The monoisotopic (exact) mass is 391 g/mol. The van der Waals surface area contributed by atoms with Gasteiger partial charge in [-0.05, 0) is 31.2 Å². The Morgan fingerprint density at radius 1 is 1.14 bits per heavy atom. The molecule has 0 fully saturated rings. The SMILES string of the molecule is Cc1ccc(-n2ncc3c(=O)n(CCC(=O)Nc4ccccc4F)cnc32)cc1. The fraction of sp³-hybridized carbons (Fsp3) is 0.143. The van der Waals surface area contributed by atoms with Crippen LogP contribution in [0.1, 0.15) is 12.0 Å². The molecule has 29 heavy (non-hydrogen) atoms. The van der Waals surface area contributed by atoms with Crippen molar-refractivity contribution in [2.45, 2.75) is 19.9 Å². The predicted molar refractivity (Wildman–Crippen MR) is 108 cm³/mol. The van der Waals surface area contributed by atoms with Gasteiger partial charge >= 0.3 is 0 Å². The molecule has 146 valence electrons. The number of fused-ring (bicyclic) bond motifs is 1. The summed E-state index contributed by atoms with van der Waals surface area (Å²) in [5.74, 6) is -0.901. The Balaban J connectivity index is 1.52. The first-order valence-corrected chi connectivity index (χ1v) is 9.07. The van der Waals surface area contributed by atoms with Gasteiger partial charge in [-0.2, -0.15) is 5.10 Å². The van der Waals surface area contributed by atoms with Crippen LogP contribution in [0.4, 0.5) is 10.1 Å². The van der Waals surface area contributed by atoms with Crippen LogP contribution in [-0.4, -0.2) is 25.2 Å². The van der Waals surface area contributed by atoms with Crippen molar-refractivity contribution in [2.75, 3.05) is 5.32 Å². The number of halogens is 1. The fourth-order valence-electron chi connectivity index (χ4n) is 2.98. The van der Waals surface area contributed by atoms with E-state index in [2.05, 4.69) is 15.4 Å². The minimum atomic E-state index is -0.510. The zero-order valence-corrected chi connectivity index (χ0v) is 15.7. The minimum absolute atomic E-state index is 0.00747. The number of hydrogen-bond acceptors (Lipinski definition) is 4. The summed E-state index contributed by atoms with van der Waals surface area (Å²) in [4.78, 5) is 29.2. The highest BCUT2D eigenvalue weighted by Crippen LogP contribution is 2.15. The molecule has 2 aromatic carbocycles. The molecule has 0 bridgehead atoms. The molecular formula is C21H18FN5O2. The molecule has 4 rings (SSSR count). The van der Waals surface area contributed by atoms with Crippen molar-refractivity contribution in [3.63, 3.8) is 0 Å². The van der Waals surface area contributed by atoms with Gasteiger partial charge in [0.15, 0.2) is 5.65 Å². The largest absolute Gasteiger partial charge is 0.324 e. The minimum Gasteiger partial charge on any atom is -0.324 e. The highest BCUT2D eigenvalue weighted by Gasteiger charge is 2.13. The van der Waals surface area contributed by atoms with E-state index in [4.69, 9.17) is 0 Å². The zero-order chi connectivity index (χ0) is 20.4. The molecule has 1 N–H and O–H groups in total. The maximum atomic E-state index is 13.6. The van der Waals surface area contributed by atoms with Crippen molar-refractivity contribution in [3.05, 3.63) is 82.8 Å². The number of anilines is 1. The number of nitrogens with zero attached hydrogens (tertiary/aromatic N) is 4. The van der Waals surface area contributed by atoms with Crippen molar-refractivity contribution in [1.82, 2.24) is 19.3 Å². The average molecular weight is 391 g/mol. The first-order valence-electron chi connectivity index (χ1n) is 9.07. The van der Waals surface area contributed by atoms with Gasteiger partial charge in [-0.25, -0.2) is 14.1 Å². The molecule has 8 heteroatoms. The average Bonchev–Trinajstić information content (AvgIpc) is 3.15. The molecule has 0 saturated heterocycles. The molecule has 0 atom stereocenters. The Bertz CT molecular complexity index is 1240. The number of carbonyl (C=O) groups is 1. The second-order valence-electron chi connectivity index (χ2n) is 6.65. The van der Waals surface area contributed by atoms with E-state index in [9.17, 15) is 14.0 Å². The molecule has 7 nitrogen and oxygen atoms in total. The summed E-state index contributed by atoms with van der Waals surface area (Å²) in [5.41, 5.74) is 2.20. The number of amides is 1. The molecule has 0 aliphatic heterocycles. The summed E-state index contributed by atoms with van der Waals surface area (Å²) in [7, 11) is 0. The summed E-state index contributed by atoms with van der Waals surface area (Å²) in [6.45, 7) is 2.11. The van der Waals surface area contributed by atoms with Crippen molar-refractivity contribution in [1.29, 1.82) is 0 Å². The van der Waals surface area contributed by atoms with E-state index in [-0.39, 0.29) is 24.2 Å². The van der Waals surface area contributed by atoms with Crippen molar-refractivity contribution in [3.8, 4) is 5.69 Å². The third kappa shape index (κ3) is 3.77. The normalized spacial score (nSPS) is 11.0. The van der Waals surface area contributed by atoms with E-state index in [1.165, 1.54) is 29.2 Å². The number of hydrogen-bond donors (Lipinski definition) is 1. The van der Waals surface area contributed by atoms with Crippen molar-refractivity contribution < 1.29 is 9.18 Å². The second kappa shape index (κ2) is 7.67. The summed E-state index contributed by atoms with van der Waals surface area (Å²) in [5, 5.41) is 7.14. The zero-order valence-electron chi connectivity index (χ0n) is 15.7. The van der Waals surface area contributed by atoms with Crippen LogP contribution in [0.15, 0.2) is 65.8 Å². The molecule has 2 aromatic heterocycles. The summed E-state index contributed by atoms with van der Waals surface area (Å²) in [6, 6.07) is 13.6. The van der Waals surface area contributed by atoms with Gasteiger partial charge in [0.2, 0.25) is 5.91 Å². The maximum Gasteiger partial charge on any atom is 0.264 e. The van der Waals surface area contributed by atoms with E-state index in [0.29, 0.717) is 11.0 Å². The number of aryl methyl sites for hydroxylation is 2. The van der Waals surface area contributed by atoms with Gasteiger partial charge in [-0.15, -0.1) is 0 Å². The van der Waals surface area contributed by atoms with Gasteiger partial charge in [-0.1, -0.05) is 29.8 Å². The quantitative estimate of drug-likeness (QED) is 0.567. The maximum absolute atomic E-state index is 13.6. The van der Waals surface area contributed by atoms with Crippen LogP contribution in [0.5, 0.6) is 0 Å². The van der Waals surface area contributed by atoms with Gasteiger partial charge in [0.25, 0.3) is 5.56 Å². The van der Waals surface area contributed by atoms with Crippen LogP contribution in [0.25, 0.3) is 16.7 Å². The summed E-state index contributed by atoms with van der Waals surface area (Å²) >= 11 is 0. The van der Waals surface area contributed by atoms with Gasteiger partial charge in [0.1, 0.15) is 11.2 Å². The fourth-order valence-corrected chi connectivity index (χ4v) is 2.98. The molecule has 1 amide bonds. The van der Waals surface area contributed by atoms with E-state index in [1.54, 1.807) is 16.8 Å². The molecule has 0 radical (unpaired) electrons. The second-order valence-corrected chi connectivity index (χ2v) is 6.65. The van der Waals surface area contributed by atoms with E-state index in [1.807, 2.05) is 31.2 Å². The standard InChI is InChI=1S/C21H18FN5O2/c1-14-6-8-15(9-7-14)27-20-16(12-24-27)21(29)26(13-23-20)11-10-19(28)25-18-5-3-2-4-17(18)22/h2-9,12-13H,10-11H2,1H3,(H,25,28). The summed E-state index contributed by atoms with van der Waals surface area (Å²) < 4.78 is 16.6. The van der Waals surface area contributed by atoms with E-state index >= 15 is 0 Å². The number of carbonyl (C=O) groups excluding carboxylic acids is 1. The van der Waals surface area contributed by atoms with E-state index in [0.717, 1.165) is 11.3 Å².